The molecule has 0 bridgehead atoms. The number of nitrogens with one attached hydrogen (secondary N) is 1. The molecule has 402 valence electrons. The number of halogens is 1. The highest BCUT2D eigenvalue weighted by Crippen LogP contribution is 2.37. The molecule has 0 atom stereocenters. The molecule has 0 heterocycles. The minimum Gasteiger partial charge on any atom is -0.502 e. The van der Waals surface area contributed by atoms with Crippen molar-refractivity contribution in [1.82, 2.24) is 0 Å². The van der Waals surface area contributed by atoms with Gasteiger partial charge in [-0.15, -0.1) is 0 Å². The van der Waals surface area contributed by atoms with Crippen molar-refractivity contribution in [2.75, 3.05) is 39.9 Å². The first kappa shape index (κ1) is 64.0. The number of carbonyl (C=O) groups is 6. The largest absolute Gasteiger partial charge is 0.502 e. The number of para-hydroxylation sites is 2. The van der Waals surface area contributed by atoms with Gasteiger partial charge < -0.3 is 54.5 Å². The second-order valence-electron chi connectivity index (χ2n) is 14.4. The van der Waals surface area contributed by atoms with Crippen LogP contribution in [-0.4, -0.2) is 114 Å². The van der Waals surface area contributed by atoms with Crippen molar-refractivity contribution in [3.8, 4) is 28.7 Å². The zero-order valence-electron chi connectivity index (χ0n) is 41.1. The van der Waals surface area contributed by atoms with Gasteiger partial charge in [0.15, 0.2) is 18.1 Å². The lowest BCUT2D eigenvalue weighted by Crippen LogP contribution is -2.19. The molecule has 5 aromatic carbocycles. The van der Waals surface area contributed by atoms with Gasteiger partial charge in [0, 0.05) is 23.3 Å². The number of nitro groups is 1. The van der Waals surface area contributed by atoms with Crippen LogP contribution in [0.4, 0.5) is 11.4 Å². The number of anilines is 1. The molecule has 7 N–H and O–H groups in total. The lowest BCUT2D eigenvalue weighted by Gasteiger charge is -2.09. The molecule has 0 spiro atoms. The van der Waals surface area contributed by atoms with Crippen LogP contribution in [0.1, 0.15) is 52.9 Å². The van der Waals surface area contributed by atoms with Crippen LogP contribution in [0.3, 0.4) is 0 Å². The highest BCUT2D eigenvalue weighted by Gasteiger charge is 2.18. The predicted molar refractivity (Wildman–Crippen MR) is 272 cm³/mol. The van der Waals surface area contributed by atoms with E-state index < -0.39 is 67.8 Å². The Hall–Kier alpha value is -9.00. The molecule has 0 saturated carbocycles. The number of benzene rings is 5. The molecule has 0 radical (unpaired) electrons. The monoisotopic (exact) mass is 1080 g/mol. The number of nitro benzene ring substituents is 1. The van der Waals surface area contributed by atoms with Gasteiger partial charge in [0.2, 0.25) is 11.7 Å². The lowest BCUT2D eigenvalue weighted by molar-refractivity contribution is -0.384. The van der Waals surface area contributed by atoms with Gasteiger partial charge in [0.1, 0.15) is 22.9 Å². The maximum absolute atomic E-state index is 11.5. The van der Waals surface area contributed by atoms with Crippen molar-refractivity contribution in [2.24, 2.45) is 0 Å². The SMILES string of the molecule is CCOC(=O)CC(=O)Nc1ccccc1C(=O)O.COc1cc(C=CC(=O)O)cc(OC)c1O.COc1ccccc1C=C(C)C(=O)O.Cc1cccc(OCC(=O)O)c1C.O=[N+]([O-])c1ccc(S(=O)(=O)O)cc1Cl. The summed E-state index contributed by atoms with van der Waals surface area (Å²) >= 11 is 5.41. The van der Waals surface area contributed by atoms with E-state index in [0.29, 0.717) is 17.1 Å². The van der Waals surface area contributed by atoms with Crippen LogP contribution in [0.2, 0.25) is 5.02 Å². The van der Waals surface area contributed by atoms with Crippen molar-refractivity contribution in [1.29, 1.82) is 0 Å². The summed E-state index contributed by atoms with van der Waals surface area (Å²) in [5.41, 5.74) is 3.41. The Morgan fingerprint density at radius 1 is 0.787 bits per heavy atom. The third-order valence-electron chi connectivity index (χ3n) is 9.13. The summed E-state index contributed by atoms with van der Waals surface area (Å²) in [5, 5.41) is 56.4. The zero-order valence-corrected chi connectivity index (χ0v) is 42.7. The van der Waals surface area contributed by atoms with E-state index in [-0.39, 0.29) is 52.3 Å². The number of hydrogen-bond acceptors (Lipinski definition) is 16. The molecule has 75 heavy (non-hydrogen) atoms. The van der Waals surface area contributed by atoms with Gasteiger partial charge in [-0.2, -0.15) is 8.42 Å². The number of amides is 1. The number of aryl methyl sites for hydroxylation is 1. The maximum atomic E-state index is 11.5. The number of rotatable bonds is 17. The number of methoxy groups -OCH3 is 3. The number of esters is 1. The van der Waals surface area contributed by atoms with E-state index >= 15 is 0 Å². The number of aromatic carboxylic acids is 1. The number of aliphatic carboxylic acids is 3. The molecular weight excluding hydrogens is 1030 g/mol. The van der Waals surface area contributed by atoms with Crippen LogP contribution in [-0.2, 0) is 38.8 Å². The molecule has 0 saturated heterocycles. The summed E-state index contributed by atoms with van der Waals surface area (Å²) in [7, 11) is -0.0126. The fourth-order valence-electron chi connectivity index (χ4n) is 5.39. The fraction of sp³-hybridized carbons (Fsp3) is 0.200. The van der Waals surface area contributed by atoms with Gasteiger partial charge >= 0.3 is 29.8 Å². The second kappa shape index (κ2) is 32.2. The van der Waals surface area contributed by atoms with E-state index in [1.54, 1.807) is 51.3 Å². The van der Waals surface area contributed by atoms with E-state index in [1.807, 2.05) is 44.2 Å². The summed E-state index contributed by atoms with van der Waals surface area (Å²) in [4.78, 5) is 73.7. The number of phenolic OH excluding ortho intramolecular Hbond substituents is 1. The number of aromatic hydroxyl groups is 1. The lowest BCUT2D eigenvalue weighted by atomic mass is 10.1. The average Bonchev–Trinajstić information content (AvgIpc) is 3.34. The van der Waals surface area contributed by atoms with Gasteiger partial charge in [0.05, 0.1) is 49.0 Å². The smallest absolute Gasteiger partial charge is 0.341 e. The molecule has 0 unspecified atom stereocenters. The predicted octanol–water partition coefficient (Wildman–Crippen LogP) is 8.23. The number of phenols is 1. The number of carboxylic acid groups (broad SMARTS) is 4. The Bertz CT molecular complexity index is 2970. The first-order valence-electron chi connectivity index (χ1n) is 21.2. The number of hydrogen-bond donors (Lipinski definition) is 7. The highest BCUT2D eigenvalue weighted by molar-refractivity contribution is 7.85. The van der Waals surface area contributed by atoms with E-state index in [0.717, 1.165) is 41.0 Å². The molecule has 23 nitrogen and oxygen atoms in total. The molecule has 0 aliphatic carbocycles. The number of ether oxygens (including phenoxy) is 5. The molecule has 0 aliphatic rings. The van der Waals surface area contributed by atoms with E-state index in [9.17, 15) is 52.4 Å². The minimum absolute atomic E-state index is 0.0327. The van der Waals surface area contributed by atoms with Gasteiger partial charge in [0.25, 0.3) is 15.8 Å². The molecule has 5 rings (SSSR count). The van der Waals surface area contributed by atoms with Crippen LogP contribution in [0, 0.1) is 24.0 Å². The summed E-state index contributed by atoms with van der Waals surface area (Å²) in [6, 6.07) is 24.5. The normalized spacial score (nSPS) is 10.4. The summed E-state index contributed by atoms with van der Waals surface area (Å²) in [5.74, 6) is -3.68. The molecule has 5 aromatic rings. The van der Waals surface area contributed by atoms with Gasteiger partial charge in [-0.05, 0) is 105 Å². The number of nitrogens with zero attached hydrogens (tertiary/aromatic N) is 1. The summed E-state index contributed by atoms with van der Waals surface area (Å²) in [6.45, 7) is 6.96. The van der Waals surface area contributed by atoms with Crippen molar-refractivity contribution >= 4 is 81.0 Å². The maximum Gasteiger partial charge on any atom is 0.341 e. The van der Waals surface area contributed by atoms with Crippen LogP contribution in [0.15, 0.2) is 114 Å². The molecular formula is C50H53ClN2O21S. The second-order valence-corrected chi connectivity index (χ2v) is 16.3. The van der Waals surface area contributed by atoms with Crippen LogP contribution in [0.25, 0.3) is 12.2 Å². The van der Waals surface area contributed by atoms with Crippen molar-refractivity contribution in [3.63, 3.8) is 0 Å². The third-order valence-corrected chi connectivity index (χ3v) is 10.3. The molecule has 0 aromatic heterocycles. The third kappa shape index (κ3) is 23.4. The Morgan fingerprint density at radius 2 is 1.36 bits per heavy atom. The molecule has 0 fully saturated rings. The van der Waals surface area contributed by atoms with Crippen molar-refractivity contribution in [3.05, 3.63) is 152 Å². The van der Waals surface area contributed by atoms with E-state index in [4.69, 9.17) is 55.5 Å². The van der Waals surface area contributed by atoms with Crippen LogP contribution >= 0.6 is 11.6 Å². The van der Waals surface area contributed by atoms with E-state index in [2.05, 4.69) is 10.1 Å². The van der Waals surface area contributed by atoms with Gasteiger partial charge in [-0.3, -0.25) is 24.3 Å². The van der Waals surface area contributed by atoms with Gasteiger partial charge in [-0.25, -0.2) is 19.2 Å². The Labute approximate surface area is 434 Å². The van der Waals surface area contributed by atoms with Gasteiger partial charge in [-0.1, -0.05) is 54.1 Å². The molecule has 1 amide bonds. The summed E-state index contributed by atoms with van der Waals surface area (Å²) in [6.07, 6.45) is 3.51. The van der Waals surface area contributed by atoms with E-state index in [1.165, 1.54) is 44.6 Å². The standard InChI is InChI=1S/C12H13NO5.C11H12O5.C11H12O3.C10H12O3.C6H4ClNO5S/c1-2-18-11(15)7-10(14)13-9-6-4-3-5-8(9)12(16)17;1-15-8-5-7(3-4-10(12)13)6-9(16-2)11(8)14;1-8(11(12)13)7-9-5-3-4-6-10(9)14-2;1-7-4-3-5-9(8(7)2)13-6-10(11)12;7-5-3-4(14(11,12)13)1-2-6(5)8(9)10/h3-6H,2,7H2,1H3,(H,13,14)(H,16,17);3-6,14H,1-2H3,(H,12,13);3-7H,1-2H3,(H,12,13);3-5H,6H2,1-2H3,(H,11,12);1-3H,(H,11,12,13). The Balaban J connectivity index is 0.000000471. The zero-order chi connectivity index (χ0) is 57.0. The van der Waals surface area contributed by atoms with Crippen molar-refractivity contribution < 1.29 is 95.9 Å². The fourth-order valence-corrected chi connectivity index (χ4v) is 6.21. The summed E-state index contributed by atoms with van der Waals surface area (Å²) < 4.78 is 54.4. The first-order chi connectivity index (χ1) is 35.2. The van der Waals surface area contributed by atoms with Crippen molar-refractivity contribution in [2.45, 2.75) is 39.0 Å². The topological polar surface area (TPSA) is 359 Å². The Kier molecular flexibility index (Phi) is 27.4. The minimum atomic E-state index is -4.37. The highest BCUT2D eigenvalue weighted by atomic mass is 35.5. The van der Waals surface area contributed by atoms with Crippen LogP contribution in [0.5, 0.6) is 28.7 Å². The van der Waals surface area contributed by atoms with Crippen LogP contribution < -0.4 is 24.3 Å². The number of carbonyl (C=O) groups excluding carboxylic acids is 2. The molecule has 0 aliphatic heterocycles. The first-order valence-corrected chi connectivity index (χ1v) is 23.0. The molecule has 25 heteroatoms. The number of carboxylic acids is 4. The quantitative estimate of drug-likeness (QED) is 0.0115. The Morgan fingerprint density at radius 3 is 1.87 bits per heavy atom. The average molecular weight is 1090 g/mol.